The Labute approximate surface area is 114 Å². The lowest BCUT2D eigenvalue weighted by Crippen LogP contribution is -2.30. The fourth-order valence-corrected chi connectivity index (χ4v) is 2.40. The molecule has 0 bridgehead atoms. The molecule has 1 amide bonds. The Morgan fingerprint density at radius 3 is 2.58 bits per heavy atom. The Hall–Kier alpha value is -1.29. The molecule has 0 aliphatic carbocycles. The number of ether oxygens (including phenoxy) is 1. The van der Waals surface area contributed by atoms with Gasteiger partial charge in [-0.3, -0.25) is 4.79 Å². The zero-order valence-corrected chi connectivity index (χ0v) is 11.5. The number of carbonyl (C=O) groups excluding carboxylic acids is 2. The standard InChI is InChI=1S/C9H9F3N2O3S2/c1-3-17-6(15)4-5(14-8(18-2)19-4)13-7(16)9(10,11)12/h3H2,1-2H3,(H,13,16). The minimum atomic E-state index is -5.05. The molecule has 5 nitrogen and oxygen atoms in total. The van der Waals surface area contributed by atoms with Crippen LogP contribution in [0.2, 0.25) is 0 Å². The Kier molecular flexibility index (Phi) is 5.18. The Morgan fingerprint density at radius 1 is 1.47 bits per heavy atom. The molecule has 0 aliphatic rings. The second-order valence-corrected chi connectivity index (χ2v) is 5.09. The fraction of sp³-hybridized carbons (Fsp3) is 0.444. The Bertz CT molecular complexity index is 488. The number of hydrogen-bond acceptors (Lipinski definition) is 6. The molecule has 0 saturated heterocycles. The van der Waals surface area contributed by atoms with Crippen molar-refractivity contribution in [2.75, 3.05) is 18.2 Å². The number of halogens is 3. The summed E-state index contributed by atoms with van der Waals surface area (Å²) in [6.07, 6.45) is -3.40. The molecule has 1 rings (SSSR count). The van der Waals surface area contributed by atoms with Gasteiger partial charge in [0.15, 0.2) is 15.0 Å². The number of rotatable bonds is 4. The molecular weight excluding hydrogens is 305 g/mol. The van der Waals surface area contributed by atoms with E-state index in [0.29, 0.717) is 4.34 Å². The van der Waals surface area contributed by atoms with Crippen LogP contribution in [0.1, 0.15) is 16.6 Å². The second-order valence-electron chi connectivity index (χ2n) is 3.03. The summed E-state index contributed by atoms with van der Waals surface area (Å²) in [7, 11) is 0. The lowest BCUT2D eigenvalue weighted by atomic mass is 10.4. The van der Waals surface area contributed by atoms with E-state index < -0.39 is 23.9 Å². The Morgan fingerprint density at radius 2 is 2.11 bits per heavy atom. The van der Waals surface area contributed by atoms with Gasteiger partial charge < -0.3 is 10.1 Å². The summed E-state index contributed by atoms with van der Waals surface area (Å²) in [4.78, 5) is 25.9. The Balaban J connectivity index is 3.02. The molecule has 0 aliphatic heterocycles. The number of hydrogen-bond donors (Lipinski definition) is 1. The van der Waals surface area contributed by atoms with Gasteiger partial charge >= 0.3 is 18.1 Å². The number of aromatic nitrogens is 1. The van der Waals surface area contributed by atoms with Crippen LogP contribution in [0, 0.1) is 0 Å². The van der Waals surface area contributed by atoms with Gasteiger partial charge in [0.2, 0.25) is 0 Å². The van der Waals surface area contributed by atoms with E-state index in [9.17, 15) is 22.8 Å². The number of esters is 1. The average molecular weight is 314 g/mol. The molecule has 0 radical (unpaired) electrons. The summed E-state index contributed by atoms with van der Waals surface area (Å²) in [5.74, 6) is -3.44. The molecule has 0 saturated carbocycles. The van der Waals surface area contributed by atoms with Crippen molar-refractivity contribution in [3.8, 4) is 0 Å². The maximum absolute atomic E-state index is 12.1. The first-order valence-electron chi connectivity index (χ1n) is 4.89. The summed E-state index contributed by atoms with van der Waals surface area (Å²) in [5, 5.41) is 1.57. The number of thiazole rings is 1. The van der Waals surface area contributed by atoms with E-state index in [1.807, 2.05) is 0 Å². The smallest absolute Gasteiger partial charge is 0.462 e. The minimum absolute atomic E-state index is 0.0675. The van der Waals surface area contributed by atoms with Crippen molar-refractivity contribution in [1.29, 1.82) is 0 Å². The van der Waals surface area contributed by atoms with Gasteiger partial charge in [-0.25, -0.2) is 9.78 Å². The van der Waals surface area contributed by atoms with E-state index in [1.165, 1.54) is 0 Å². The summed E-state index contributed by atoms with van der Waals surface area (Å²) >= 11 is 2.00. The van der Waals surface area contributed by atoms with Crippen molar-refractivity contribution in [2.45, 2.75) is 17.4 Å². The average Bonchev–Trinajstić information content (AvgIpc) is 2.71. The van der Waals surface area contributed by atoms with Crippen molar-refractivity contribution in [1.82, 2.24) is 4.98 Å². The van der Waals surface area contributed by atoms with Crippen molar-refractivity contribution in [2.24, 2.45) is 0 Å². The van der Waals surface area contributed by atoms with Gasteiger partial charge in [0.25, 0.3) is 0 Å². The predicted octanol–water partition coefficient (Wildman–Crippen LogP) is 2.54. The summed E-state index contributed by atoms with van der Waals surface area (Å²) < 4.78 is 41.5. The van der Waals surface area contributed by atoms with Crippen LogP contribution in [0.4, 0.5) is 19.0 Å². The highest BCUT2D eigenvalue weighted by molar-refractivity contribution is 8.00. The number of amides is 1. The van der Waals surface area contributed by atoms with Crippen LogP contribution in [-0.4, -0.2) is 35.9 Å². The SMILES string of the molecule is CCOC(=O)c1sc(SC)nc1NC(=O)C(F)(F)F. The zero-order chi connectivity index (χ0) is 14.6. The van der Waals surface area contributed by atoms with E-state index in [2.05, 4.69) is 9.72 Å². The highest BCUT2D eigenvalue weighted by Crippen LogP contribution is 2.30. The predicted molar refractivity (Wildman–Crippen MR) is 64.5 cm³/mol. The fourth-order valence-electron chi connectivity index (χ4n) is 0.986. The minimum Gasteiger partial charge on any atom is -0.462 e. The van der Waals surface area contributed by atoms with Gasteiger partial charge in [-0.2, -0.15) is 13.2 Å². The van der Waals surface area contributed by atoms with Crippen molar-refractivity contribution < 1.29 is 27.5 Å². The molecule has 19 heavy (non-hydrogen) atoms. The van der Waals surface area contributed by atoms with Crippen LogP contribution in [0.15, 0.2) is 4.34 Å². The number of anilines is 1. The molecular formula is C9H9F3N2O3S2. The molecule has 1 heterocycles. The molecule has 10 heteroatoms. The highest BCUT2D eigenvalue weighted by Gasteiger charge is 2.40. The third-order valence-corrected chi connectivity index (χ3v) is 3.75. The topological polar surface area (TPSA) is 68.3 Å². The maximum Gasteiger partial charge on any atom is 0.471 e. The lowest BCUT2D eigenvalue weighted by Gasteiger charge is -2.06. The van der Waals surface area contributed by atoms with Crippen LogP contribution in [-0.2, 0) is 9.53 Å². The van der Waals surface area contributed by atoms with Gasteiger partial charge in [-0.05, 0) is 13.2 Å². The zero-order valence-electron chi connectivity index (χ0n) is 9.83. The molecule has 0 unspecified atom stereocenters. The molecule has 1 aromatic heterocycles. The van der Waals surface area contributed by atoms with Crippen LogP contribution in [0.5, 0.6) is 0 Å². The summed E-state index contributed by atoms with van der Waals surface area (Å²) in [6.45, 7) is 1.63. The first-order chi connectivity index (χ1) is 8.79. The van der Waals surface area contributed by atoms with Gasteiger partial charge in [-0.15, -0.1) is 0 Å². The van der Waals surface area contributed by atoms with Crippen molar-refractivity contribution in [3.05, 3.63) is 4.88 Å². The van der Waals surface area contributed by atoms with Gasteiger partial charge in [0.05, 0.1) is 6.61 Å². The second kappa shape index (κ2) is 6.24. The van der Waals surface area contributed by atoms with E-state index >= 15 is 0 Å². The molecule has 0 aromatic carbocycles. The number of carbonyl (C=O) groups is 2. The van der Waals surface area contributed by atoms with Crippen LogP contribution in [0.3, 0.4) is 0 Å². The first-order valence-corrected chi connectivity index (χ1v) is 6.93. The van der Waals surface area contributed by atoms with Crippen LogP contribution in [0.25, 0.3) is 0 Å². The van der Waals surface area contributed by atoms with Gasteiger partial charge in [0, 0.05) is 0 Å². The number of alkyl halides is 3. The largest absolute Gasteiger partial charge is 0.471 e. The van der Waals surface area contributed by atoms with E-state index in [0.717, 1.165) is 23.1 Å². The number of nitrogens with one attached hydrogen (secondary N) is 1. The quantitative estimate of drug-likeness (QED) is 0.683. The number of nitrogens with zero attached hydrogens (tertiary/aromatic N) is 1. The van der Waals surface area contributed by atoms with E-state index in [-0.39, 0.29) is 11.5 Å². The summed E-state index contributed by atoms with van der Waals surface area (Å²) in [6, 6.07) is 0. The first kappa shape index (κ1) is 15.8. The van der Waals surface area contributed by atoms with E-state index in [1.54, 1.807) is 18.5 Å². The third-order valence-electron chi connectivity index (χ3n) is 1.73. The van der Waals surface area contributed by atoms with Gasteiger partial charge in [-0.1, -0.05) is 23.1 Å². The van der Waals surface area contributed by atoms with Crippen molar-refractivity contribution in [3.63, 3.8) is 0 Å². The molecule has 1 aromatic rings. The molecule has 0 atom stereocenters. The van der Waals surface area contributed by atoms with Crippen LogP contribution < -0.4 is 5.32 Å². The molecule has 106 valence electrons. The van der Waals surface area contributed by atoms with Crippen molar-refractivity contribution >= 4 is 40.8 Å². The lowest BCUT2D eigenvalue weighted by molar-refractivity contribution is -0.167. The molecule has 1 N–H and O–H groups in total. The summed E-state index contributed by atoms with van der Waals surface area (Å²) in [5.41, 5.74) is 0. The molecule has 0 fully saturated rings. The molecule has 0 spiro atoms. The maximum atomic E-state index is 12.1. The number of thioether (sulfide) groups is 1. The normalized spacial score (nSPS) is 11.2. The van der Waals surface area contributed by atoms with Gasteiger partial charge in [0.1, 0.15) is 0 Å². The highest BCUT2D eigenvalue weighted by atomic mass is 32.2. The van der Waals surface area contributed by atoms with Crippen LogP contribution >= 0.6 is 23.1 Å². The van der Waals surface area contributed by atoms with E-state index in [4.69, 9.17) is 0 Å². The monoisotopic (exact) mass is 314 g/mol. The third kappa shape index (κ3) is 4.10.